The average Bonchev–Trinajstić information content (AvgIpc) is 2.45. The number of hydrogen-bond donors (Lipinski definition) is 2. The molecule has 3 nitrogen and oxygen atoms in total. The van der Waals surface area contributed by atoms with Crippen LogP contribution < -0.4 is 15.8 Å². The Labute approximate surface area is 132 Å². The van der Waals surface area contributed by atoms with Crippen LogP contribution in [0.5, 0.6) is 5.75 Å². The summed E-state index contributed by atoms with van der Waals surface area (Å²) in [7, 11) is 1.67. The highest BCUT2D eigenvalue weighted by atomic mass is 79.9. The molecule has 0 heterocycles. The molecule has 2 aromatic carbocycles. The number of nitrogens with one attached hydrogen (secondary N) is 1. The smallest absolute Gasteiger partial charge is 0.123 e. The van der Waals surface area contributed by atoms with Crippen LogP contribution in [-0.2, 0) is 6.54 Å². The minimum atomic E-state index is 0.361. The number of halogens is 1. The zero-order valence-electron chi connectivity index (χ0n) is 11.0. The molecule has 0 saturated heterocycles. The van der Waals surface area contributed by atoms with Crippen LogP contribution in [0.15, 0.2) is 46.9 Å². The Bertz CT molecular complexity index is 631. The van der Waals surface area contributed by atoms with Gasteiger partial charge in [-0.05, 0) is 34.1 Å². The van der Waals surface area contributed by atoms with E-state index in [1.807, 2.05) is 42.5 Å². The highest BCUT2D eigenvalue weighted by Gasteiger charge is 2.10. The fraction of sp³-hybridized carbons (Fsp3) is 0.133. The summed E-state index contributed by atoms with van der Waals surface area (Å²) in [5, 5.41) is 3.35. The Balaban J connectivity index is 2.23. The summed E-state index contributed by atoms with van der Waals surface area (Å²) in [6, 6.07) is 13.7. The van der Waals surface area contributed by atoms with E-state index in [0.29, 0.717) is 11.5 Å². The first kappa shape index (κ1) is 14.8. The van der Waals surface area contributed by atoms with E-state index in [9.17, 15) is 0 Å². The standard InChI is InChI=1S/C15H15BrN2OS/c1-19-13-8-3-2-5-10(13)9-18-12-7-4-6-11(16)14(12)15(17)20/h2-8,18H,9H2,1H3,(H2,17,20). The Morgan fingerprint density at radius 2 is 2.00 bits per heavy atom. The number of rotatable bonds is 5. The van der Waals surface area contributed by atoms with Crippen molar-refractivity contribution in [1.82, 2.24) is 0 Å². The van der Waals surface area contributed by atoms with Crippen molar-refractivity contribution >= 4 is 38.8 Å². The van der Waals surface area contributed by atoms with Crippen LogP contribution in [0.3, 0.4) is 0 Å². The van der Waals surface area contributed by atoms with Crippen molar-refractivity contribution in [2.24, 2.45) is 5.73 Å². The lowest BCUT2D eigenvalue weighted by molar-refractivity contribution is 0.410. The van der Waals surface area contributed by atoms with Gasteiger partial charge in [-0.15, -0.1) is 0 Å². The van der Waals surface area contributed by atoms with Gasteiger partial charge < -0.3 is 15.8 Å². The van der Waals surface area contributed by atoms with Gasteiger partial charge >= 0.3 is 0 Å². The topological polar surface area (TPSA) is 47.3 Å². The van der Waals surface area contributed by atoms with Gasteiger partial charge in [-0.1, -0.05) is 36.5 Å². The molecular weight excluding hydrogens is 336 g/mol. The second kappa shape index (κ2) is 6.72. The molecule has 0 aliphatic heterocycles. The summed E-state index contributed by atoms with van der Waals surface area (Å²) in [4.78, 5) is 0.361. The first-order valence-electron chi connectivity index (χ1n) is 6.07. The number of nitrogens with two attached hydrogens (primary N) is 1. The second-order valence-electron chi connectivity index (χ2n) is 4.19. The molecule has 0 aliphatic carbocycles. The molecule has 0 aromatic heterocycles. The van der Waals surface area contributed by atoms with Gasteiger partial charge in [0.15, 0.2) is 0 Å². The van der Waals surface area contributed by atoms with Gasteiger partial charge in [-0.2, -0.15) is 0 Å². The van der Waals surface area contributed by atoms with Gasteiger partial charge in [0.1, 0.15) is 10.7 Å². The average molecular weight is 351 g/mol. The molecule has 2 aromatic rings. The number of ether oxygens (including phenoxy) is 1. The van der Waals surface area contributed by atoms with E-state index in [1.54, 1.807) is 7.11 Å². The number of para-hydroxylation sites is 1. The summed E-state index contributed by atoms with van der Waals surface area (Å²) in [5.74, 6) is 0.854. The molecule has 3 N–H and O–H groups in total. The zero-order chi connectivity index (χ0) is 14.5. The van der Waals surface area contributed by atoms with Crippen molar-refractivity contribution in [3.8, 4) is 5.75 Å². The second-order valence-corrected chi connectivity index (χ2v) is 5.49. The van der Waals surface area contributed by atoms with E-state index in [4.69, 9.17) is 22.7 Å². The number of anilines is 1. The molecule has 0 unspecified atom stereocenters. The van der Waals surface area contributed by atoms with Crippen molar-refractivity contribution in [2.75, 3.05) is 12.4 Å². The van der Waals surface area contributed by atoms with Crippen LogP contribution in [0.1, 0.15) is 11.1 Å². The molecule has 0 fully saturated rings. The van der Waals surface area contributed by atoms with Crippen LogP contribution in [0, 0.1) is 0 Å². The molecule has 0 saturated carbocycles. The van der Waals surface area contributed by atoms with E-state index in [0.717, 1.165) is 27.0 Å². The van der Waals surface area contributed by atoms with Crippen LogP contribution in [0.2, 0.25) is 0 Å². The molecule has 0 atom stereocenters. The molecule has 2 rings (SSSR count). The summed E-state index contributed by atoms with van der Waals surface area (Å²) in [6.45, 7) is 0.635. The quantitative estimate of drug-likeness (QED) is 0.807. The van der Waals surface area contributed by atoms with Crippen molar-refractivity contribution in [1.29, 1.82) is 0 Å². The molecule has 20 heavy (non-hydrogen) atoms. The number of thiocarbonyl (C=S) groups is 1. The first-order valence-corrected chi connectivity index (χ1v) is 7.27. The number of methoxy groups -OCH3 is 1. The SMILES string of the molecule is COc1ccccc1CNc1cccc(Br)c1C(N)=S. The van der Waals surface area contributed by atoms with Crippen molar-refractivity contribution in [3.05, 3.63) is 58.1 Å². The lowest BCUT2D eigenvalue weighted by Gasteiger charge is -2.14. The molecular formula is C15H15BrN2OS. The highest BCUT2D eigenvalue weighted by Crippen LogP contribution is 2.26. The highest BCUT2D eigenvalue weighted by molar-refractivity contribution is 9.10. The Kier molecular flexibility index (Phi) is 4.98. The molecule has 0 radical (unpaired) electrons. The minimum Gasteiger partial charge on any atom is -0.496 e. The summed E-state index contributed by atoms with van der Waals surface area (Å²) >= 11 is 8.57. The summed E-state index contributed by atoms with van der Waals surface area (Å²) in [5.41, 5.74) is 8.57. The minimum absolute atomic E-state index is 0.361. The monoisotopic (exact) mass is 350 g/mol. The lowest BCUT2D eigenvalue weighted by Crippen LogP contribution is -2.14. The molecule has 104 valence electrons. The van der Waals surface area contributed by atoms with Gasteiger partial charge in [0.25, 0.3) is 0 Å². The fourth-order valence-electron chi connectivity index (χ4n) is 1.96. The first-order chi connectivity index (χ1) is 9.63. The third-order valence-corrected chi connectivity index (χ3v) is 3.79. The van der Waals surface area contributed by atoms with Crippen LogP contribution in [0.4, 0.5) is 5.69 Å². The number of benzene rings is 2. The maximum absolute atomic E-state index is 5.78. The largest absolute Gasteiger partial charge is 0.496 e. The maximum atomic E-state index is 5.78. The fourth-order valence-corrected chi connectivity index (χ4v) is 2.89. The van der Waals surface area contributed by atoms with Crippen LogP contribution in [0.25, 0.3) is 0 Å². The van der Waals surface area contributed by atoms with Crippen molar-refractivity contribution in [3.63, 3.8) is 0 Å². The molecule has 0 aliphatic rings. The molecule has 0 amide bonds. The van der Waals surface area contributed by atoms with E-state index < -0.39 is 0 Å². The van der Waals surface area contributed by atoms with Gasteiger partial charge in [0.05, 0.1) is 7.11 Å². The van der Waals surface area contributed by atoms with Gasteiger partial charge in [0, 0.05) is 27.8 Å². The normalized spacial score (nSPS) is 10.1. The Morgan fingerprint density at radius 3 is 2.70 bits per heavy atom. The van der Waals surface area contributed by atoms with Gasteiger partial charge in [-0.3, -0.25) is 0 Å². The lowest BCUT2D eigenvalue weighted by atomic mass is 10.1. The summed E-state index contributed by atoms with van der Waals surface area (Å²) < 4.78 is 6.22. The van der Waals surface area contributed by atoms with Gasteiger partial charge in [0.2, 0.25) is 0 Å². The van der Waals surface area contributed by atoms with Crippen LogP contribution in [-0.4, -0.2) is 12.1 Å². The van der Waals surface area contributed by atoms with E-state index in [1.165, 1.54) is 0 Å². The van der Waals surface area contributed by atoms with Gasteiger partial charge in [-0.25, -0.2) is 0 Å². The Morgan fingerprint density at radius 1 is 1.25 bits per heavy atom. The molecule has 5 heteroatoms. The third kappa shape index (κ3) is 3.29. The zero-order valence-corrected chi connectivity index (χ0v) is 13.4. The predicted molar refractivity (Wildman–Crippen MR) is 90.4 cm³/mol. The number of hydrogen-bond acceptors (Lipinski definition) is 3. The van der Waals surface area contributed by atoms with Crippen molar-refractivity contribution < 1.29 is 4.74 Å². The molecule has 0 spiro atoms. The van der Waals surface area contributed by atoms with Crippen molar-refractivity contribution in [2.45, 2.75) is 6.54 Å². The maximum Gasteiger partial charge on any atom is 0.123 e. The van der Waals surface area contributed by atoms with E-state index in [-0.39, 0.29) is 0 Å². The van der Waals surface area contributed by atoms with Crippen LogP contribution >= 0.6 is 28.1 Å². The Hall–Kier alpha value is -1.59. The van der Waals surface area contributed by atoms with E-state index in [2.05, 4.69) is 21.2 Å². The molecule has 0 bridgehead atoms. The van der Waals surface area contributed by atoms with E-state index >= 15 is 0 Å². The summed E-state index contributed by atoms with van der Waals surface area (Å²) in [6.07, 6.45) is 0. The predicted octanol–water partition coefficient (Wildman–Crippen LogP) is 3.70. The third-order valence-electron chi connectivity index (χ3n) is 2.92.